The van der Waals surface area contributed by atoms with E-state index in [4.69, 9.17) is 16.3 Å². The number of carbonyl (C=O) groups excluding carboxylic acids is 1. The molecule has 0 heterocycles. The molecule has 12 heteroatoms. The lowest BCUT2D eigenvalue weighted by Crippen LogP contribution is -2.39. The van der Waals surface area contributed by atoms with Gasteiger partial charge in [0.15, 0.2) is 0 Å². The molecule has 0 atom stereocenters. The Labute approximate surface area is 200 Å². The predicted octanol–water partition coefficient (Wildman–Crippen LogP) is 3.60. The van der Waals surface area contributed by atoms with Crippen molar-refractivity contribution < 1.29 is 22.9 Å². The summed E-state index contributed by atoms with van der Waals surface area (Å²) < 4.78 is 32.6. The second-order valence-electron chi connectivity index (χ2n) is 6.81. The quantitative estimate of drug-likeness (QED) is 0.270. The van der Waals surface area contributed by atoms with Gasteiger partial charge in [0.2, 0.25) is 0 Å². The number of hydrogen-bond donors (Lipinski definition) is 1. The van der Waals surface area contributed by atoms with Crippen LogP contribution < -0.4 is 14.5 Å². The Morgan fingerprint density at radius 3 is 2.50 bits per heavy atom. The Bertz CT molecular complexity index is 1330. The number of non-ortho nitro benzene ring substituents is 1. The number of nitrogens with zero attached hydrogens (tertiary/aromatic N) is 3. The first-order valence-electron chi connectivity index (χ1n) is 9.69. The van der Waals surface area contributed by atoms with Gasteiger partial charge in [0.05, 0.1) is 28.8 Å². The highest BCUT2D eigenvalue weighted by Gasteiger charge is 2.27. The van der Waals surface area contributed by atoms with Gasteiger partial charge in [-0.1, -0.05) is 29.8 Å². The maximum absolute atomic E-state index is 13.3. The lowest BCUT2D eigenvalue weighted by Gasteiger charge is -2.24. The van der Waals surface area contributed by atoms with Crippen molar-refractivity contribution in [3.05, 3.63) is 93.5 Å². The molecule has 0 bridgehead atoms. The number of anilines is 1. The molecule has 0 aliphatic carbocycles. The van der Waals surface area contributed by atoms with Crippen molar-refractivity contribution in [2.24, 2.45) is 5.10 Å². The van der Waals surface area contributed by atoms with Crippen molar-refractivity contribution in [2.75, 3.05) is 18.0 Å². The Morgan fingerprint density at radius 2 is 1.85 bits per heavy atom. The van der Waals surface area contributed by atoms with Crippen molar-refractivity contribution in [1.29, 1.82) is 0 Å². The van der Waals surface area contributed by atoms with Crippen LogP contribution in [0.15, 0.2) is 82.8 Å². The van der Waals surface area contributed by atoms with E-state index in [9.17, 15) is 23.3 Å². The first-order valence-corrected chi connectivity index (χ1v) is 11.5. The molecule has 34 heavy (non-hydrogen) atoms. The molecule has 0 spiro atoms. The molecular weight excluding hydrogens is 484 g/mol. The number of nitrogens with one attached hydrogen (secondary N) is 1. The molecule has 0 aliphatic rings. The molecule has 3 aromatic rings. The first-order chi connectivity index (χ1) is 16.2. The number of nitro groups is 1. The zero-order valence-electron chi connectivity index (χ0n) is 17.8. The number of ether oxygens (including phenoxy) is 1. The number of methoxy groups -OCH3 is 1. The highest BCUT2D eigenvalue weighted by atomic mass is 35.5. The summed E-state index contributed by atoms with van der Waals surface area (Å²) in [4.78, 5) is 22.8. The number of hydrazone groups is 1. The molecule has 0 unspecified atom stereocenters. The molecule has 3 aromatic carbocycles. The average Bonchev–Trinajstić information content (AvgIpc) is 2.82. The molecule has 1 N–H and O–H groups in total. The molecule has 0 saturated carbocycles. The van der Waals surface area contributed by atoms with Crippen LogP contribution >= 0.6 is 11.6 Å². The van der Waals surface area contributed by atoms with Crippen LogP contribution in [0.1, 0.15) is 5.56 Å². The number of hydrogen-bond acceptors (Lipinski definition) is 7. The standard InChI is InChI=1S/C22H19ClN4O6S/c1-33-20-8-10-21(11-9-20)34(31,32)26(18-6-3-5-17(23)13-18)15-22(28)25-24-14-16-4-2-7-19(12-16)27(29)30/h2-14H,15H2,1H3,(H,25,28)/b24-14-. The summed E-state index contributed by atoms with van der Waals surface area (Å²) in [5.41, 5.74) is 2.67. The summed E-state index contributed by atoms with van der Waals surface area (Å²) in [7, 11) is -2.69. The van der Waals surface area contributed by atoms with Crippen molar-refractivity contribution in [1.82, 2.24) is 5.43 Å². The third kappa shape index (κ3) is 6.09. The fourth-order valence-electron chi connectivity index (χ4n) is 2.88. The predicted molar refractivity (Wildman–Crippen MR) is 128 cm³/mol. The molecule has 0 fully saturated rings. The van der Waals surface area contributed by atoms with Crippen LogP contribution in [0.4, 0.5) is 11.4 Å². The third-order valence-electron chi connectivity index (χ3n) is 4.51. The van der Waals surface area contributed by atoms with Crippen LogP contribution in [0.2, 0.25) is 5.02 Å². The number of amides is 1. The number of nitro benzene ring substituents is 1. The van der Waals surface area contributed by atoms with E-state index < -0.39 is 27.4 Å². The lowest BCUT2D eigenvalue weighted by molar-refractivity contribution is -0.384. The minimum atomic E-state index is -4.15. The van der Waals surface area contributed by atoms with Gasteiger partial charge < -0.3 is 4.74 Å². The zero-order chi connectivity index (χ0) is 24.7. The van der Waals surface area contributed by atoms with Crippen LogP contribution in [-0.2, 0) is 14.8 Å². The van der Waals surface area contributed by atoms with Crippen molar-refractivity contribution >= 4 is 45.1 Å². The topological polar surface area (TPSA) is 131 Å². The van der Waals surface area contributed by atoms with E-state index in [1.807, 2.05) is 0 Å². The van der Waals surface area contributed by atoms with Gasteiger partial charge in [-0.05, 0) is 42.5 Å². The summed E-state index contributed by atoms with van der Waals surface area (Å²) in [5.74, 6) is -0.264. The third-order valence-corrected chi connectivity index (χ3v) is 6.54. The van der Waals surface area contributed by atoms with Gasteiger partial charge in [0.25, 0.3) is 21.6 Å². The summed E-state index contributed by atoms with van der Waals surface area (Å²) in [6, 6.07) is 17.4. The number of carbonyl (C=O) groups is 1. The molecule has 10 nitrogen and oxygen atoms in total. The maximum Gasteiger partial charge on any atom is 0.270 e. The number of halogens is 1. The fraction of sp³-hybridized carbons (Fsp3) is 0.0909. The molecule has 1 amide bonds. The molecule has 0 aliphatic heterocycles. The summed E-state index contributed by atoms with van der Waals surface area (Å²) in [5, 5.41) is 14.9. The van der Waals surface area contributed by atoms with E-state index in [2.05, 4.69) is 10.5 Å². The molecule has 0 saturated heterocycles. The normalized spacial score (nSPS) is 11.2. The first kappa shape index (κ1) is 24.7. The second kappa shape index (κ2) is 10.8. The molecule has 3 rings (SSSR count). The van der Waals surface area contributed by atoms with Crippen LogP contribution in [0.3, 0.4) is 0 Å². The number of sulfonamides is 1. The summed E-state index contributed by atoms with van der Waals surface area (Å²) in [6.07, 6.45) is 1.21. The van der Waals surface area contributed by atoms with Crippen molar-refractivity contribution in [2.45, 2.75) is 4.90 Å². The van der Waals surface area contributed by atoms with Crippen molar-refractivity contribution in [3.8, 4) is 5.75 Å². The van der Waals surface area contributed by atoms with Gasteiger partial charge >= 0.3 is 0 Å². The van der Waals surface area contributed by atoms with E-state index in [-0.39, 0.29) is 21.3 Å². The van der Waals surface area contributed by atoms with Crippen LogP contribution in [-0.4, -0.2) is 39.1 Å². The average molecular weight is 503 g/mol. The Kier molecular flexibility index (Phi) is 7.82. The smallest absolute Gasteiger partial charge is 0.270 e. The van der Waals surface area contributed by atoms with Crippen LogP contribution in [0, 0.1) is 10.1 Å². The second-order valence-corrected chi connectivity index (χ2v) is 9.11. The van der Waals surface area contributed by atoms with Gasteiger partial charge in [-0.2, -0.15) is 5.10 Å². The highest BCUT2D eigenvalue weighted by molar-refractivity contribution is 7.92. The molecule has 0 radical (unpaired) electrons. The monoisotopic (exact) mass is 502 g/mol. The van der Waals surface area contributed by atoms with Gasteiger partial charge in [0, 0.05) is 22.7 Å². The SMILES string of the molecule is COc1ccc(S(=O)(=O)N(CC(=O)N/N=C\c2cccc([N+](=O)[O-])c2)c2cccc(Cl)c2)cc1. The summed E-state index contributed by atoms with van der Waals surface area (Å²) >= 11 is 6.04. The lowest BCUT2D eigenvalue weighted by atomic mass is 10.2. The van der Waals surface area contributed by atoms with Gasteiger partial charge in [-0.25, -0.2) is 13.8 Å². The van der Waals surface area contributed by atoms with Crippen LogP contribution in [0.25, 0.3) is 0 Å². The molecule has 176 valence electrons. The van der Waals surface area contributed by atoms with E-state index in [1.165, 1.54) is 67.9 Å². The number of benzene rings is 3. The number of rotatable bonds is 9. The van der Waals surface area contributed by atoms with E-state index >= 15 is 0 Å². The van der Waals surface area contributed by atoms with E-state index in [1.54, 1.807) is 18.2 Å². The molecular formula is C22H19ClN4O6S. The highest BCUT2D eigenvalue weighted by Crippen LogP contribution is 2.27. The Hall–Kier alpha value is -3.96. The minimum Gasteiger partial charge on any atom is -0.497 e. The fourth-order valence-corrected chi connectivity index (χ4v) is 4.48. The van der Waals surface area contributed by atoms with Gasteiger partial charge in [-0.3, -0.25) is 19.2 Å². The van der Waals surface area contributed by atoms with Gasteiger partial charge in [0.1, 0.15) is 12.3 Å². The summed E-state index contributed by atoms with van der Waals surface area (Å²) in [6.45, 7) is -0.596. The van der Waals surface area contributed by atoms with Crippen molar-refractivity contribution in [3.63, 3.8) is 0 Å². The molecule has 0 aromatic heterocycles. The van der Waals surface area contributed by atoms with Gasteiger partial charge in [-0.15, -0.1) is 0 Å². The van der Waals surface area contributed by atoms with E-state index in [0.717, 1.165) is 4.31 Å². The zero-order valence-corrected chi connectivity index (χ0v) is 19.4. The largest absolute Gasteiger partial charge is 0.497 e. The Balaban J connectivity index is 1.83. The Morgan fingerprint density at radius 1 is 1.15 bits per heavy atom. The van der Waals surface area contributed by atoms with E-state index in [0.29, 0.717) is 11.3 Å². The minimum absolute atomic E-state index is 0.0545. The van der Waals surface area contributed by atoms with Crippen LogP contribution in [0.5, 0.6) is 5.75 Å². The maximum atomic E-state index is 13.3.